The van der Waals surface area contributed by atoms with Crippen molar-refractivity contribution in [2.24, 2.45) is 11.3 Å². The molecule has 0 radical (unpaired) electrons. The fourth-order valence-corrected chi connectivity index (χ4v) is 3.07. The third kappa shape index (κ3) is 1.57. The third-order valence-corrected chi connectivity index (χ3v) is 4.80. The summed E-state index contributed by atoms with van der Waals surface area (Å²) in [5.74, 6) is -0.207. The van der Waals surface area contributed by atoms with E-state index in [9.17, 15) is 14.9 Å². The van der Waals surface area contributed by atoms with Crippen molar-refractivity contribution in [2.75, 3.05) is 0 Å². The highest BCUT2D eigenvalue weighted by molar-refractivity contribution is 6.07. The van der Waals surface area contributed by atoms with Crippen LogP contribution in [-0.4, -0.2) is 22.3 Å². The van der Waals surface area contributed by atoms with E-state index in [4.69, 9.17) is 0 Å². The Bertz CT molecular complexity index is 430. The molecule has 0 N–H and O–H groups in total. The summed E-state index contributed by atoms with van der Waals surface area (Å²) < 4.78 is 0. The number of likely N-dealkylation sites (tertiary alicyclic amines) is 1. The van der Waals surface area contributed by atoms with Crippen LogP contribution in [-0.2, 0) is 9.59 Å². The van der Waals surface area contributed by atoms with Gasteiger partial charge in [-0.2, -0.15) is 5.26 Å². The Morgan fingerprint density at radius 2 is 1.83 bits per heavy atom. The molecule has 0 aromatic heterocycles. The van der Waals surface area contributed by atoms with E-state index in [0.29, 0.717) is 12.8 Å². The van der Waals surface area contributed by atoms with Crippen LogP contribution >= 0.6 is 0 Å². The number of rotatable bonds is 2. The van der Waals surface area contributed by atoms with Gasteiger partial charge in [0.1, 0.15) is 5.54 Å². The molecule has 0 aromatic rings. The highest BCUT2D eigenvalue weighted by Crippen LogP contribution is 2.46. The molecule has 2 amide bonds. The number of imide groups is 1. The average Bonchev–Trinajstić information content (AvgIpc) is 2.85. The van der Waals surface area contributed by atoms with Gasteiger partial charge in [-0.25, -0.2) is 0 Å². The SMILES string of the molecule is CC(C)C1(C)CC(=O)N(C2(C#N)CCCC2)C1=O. The minimum absolute atomic E-state index is 0.107. The van der Waals surface area contributed by atoms with Gasteiger partial charge in [-0.3, -0.25) is 14.5 Å². The third-order valence-electron chi connectivity index (χ3n) is 4.80. The summed E-state index contributed by atoms with van der Waals surface area (Å²) in [7, 11) is 0. The minimum Gasteiger partial charge on any atom is -0.274 e. The lowest BCUT2D eigenvalue weighted by atomic mass is 9.77. The standard InChI is InChI=1S/C14H20N2O2/c1-10(2)13(3)8-11(17)16(12(13)18)14(9-15)6-4-5-7-14/h10H,4-8H2,1-3H3. The molecule has 2 rings (SSSR count). The Hall–Kier alpha value is -1.37. The zero-order valence-electron chi connectivity index (χ0n) is 11.3. The predicted octanol–water partition coefficient (Wildman–Crippen LogP) is 2.24. The smallest absolute Gasteiger partial charge is 0.237 e. The van der Waals surface area contributed by atoms with E-state index in [1.54, 1.807) is 0 Å². The van der Waals surface area contributed by atoms with Crippen molar-refractivity contribution < 1.29 is 9.59 Å². The fourth-order valence-electron chi connectivity index (χ4n) is 3.07. The molecule has 4 nitrogen and oxygen atoms in total. The van der Waals surface area contributed by atoms with E-state index in [-0.39, 0.29) is 24.2 Å². The molecule has 1 unspecified atom stereocenters. The van der Waals surface area contributed by atoms with E-state index >= 15 is 0 Å². The second-order valence-electron chi connectivity index (χ2n) is 6.13. The van der Waals surface area contributed by atoms with Crippen molar-refractivity contribution in [3.8, 4) is 6.07 Å². The van der Waals surface area contributed by atoms with Gasteiger partial charge < -0.3 is 0 Å². The second kappa shape index (κ2) is 4.08. The van der Waals surface area contributed by atoms with Crippen LogP contribution in [0.25, 0.3) is 0 Å². The predicted molar refractivity (Wildman–Crippen MR) is 66.2 cm³/mol. The Balaban J connectivity index is 2.39. The molecule has 1 heterocycles. The van der Waals surface area contributed by atoms with E-state index in [0.717, 1.165) is 12.8 Å². The van der Waals surface area contributed by atoms with Gasteiger partial charge in [-0.05, 0) is 38.5 Å². The first-order valence-corrected chi connectivity index (χ1v) is 6.66. The van der Waals surface area contributed by atoms with Crippen molar-refractivity contribution >= 4 is 11.8 Å². The maximum Gasteiger partial charge on any atom is 0.237 e. The zero-order valence-corrected chi connectivity index (χ0v) is 11.3. The molecule has 1 atom stereocenters. The molecule has 2 fully saturated rings. The summed E-state index contributed by atoms with van der Waals surface area (Å²) in [4.78, 5) is 26.1. The molecule has 1 aliphatic carbocycles. The van der Waals surface area contributed by atoms with Gasteiger partial charge in [0.2, 0.25) is 11.8 Å². The number of hydrogen-bond acceptors (Lipinski definition) is 3. The lowest BCUT2D eigenvalue weighted by molar-refractivity contribution is -0.147. The molecule has 2 aliphatic rings. The number of carbonyl (C=O) groups excluding carboxylic acids is 2. The Morgan fingerprint density at radius 3 is 2.22 bits per heavy atom. The van der Waals surface area contributed by atoms with Crippen LogP contribution in [0.5, 0.6) is 0 Å². The largest absolute Gasteiger partial charge is 0.274 e. The van der Waals surface area contributed by atoms with Crippen molar-refractivity contribution in [3.05, 3.63) is 0 Å². The Kier molecular flexibility index (Phi) is 2.96. The van der Waals surface area contributed by atoms with Gasteiger partial charge in [-0.15, -0.1) is 0 Å². The van der Waals surface area contributed by atoms with Crippen molar-refractivity contribution in [3.63, 3.8) is 0 Å². The lowest BCUT2D eigenvalue weighted by Gasteiger charge is -2.33. The first-order chi connectivity index (χ1) is 8.37. The summed E-state index contributed by atoms with van der Waals surface area (Å²) >= 11 is 0. The van der Waals surface area contributed by atoms with Gasteiger partial charge >= 0.3 is 0 Å². The van der Waals surface area contributed by atoms with E-state index in [1.807, 2.05) is 20.8 Å². The summed E-state index contributed by atoms with van der Waals surface area (Å²) in [5.41, 5.74) is -1.50. The quantitative estimate of drug-likeness (QED) is 0.704. The molecular weight excluding hydrogens is 228 g/mol. The molecule has 1 aliphatic heterocycles. The Labute approximate surface area is 108 Å². The van der Waals surface area contributed by atoms with Crippen LogP contribution in [0.4, 0.5) is 0 Å². The zero-order chi connectivity index (χ0) is 13.6. The molecule has 0 aromatic carbocycles. The van der Waals surface area contributed by atoms with Crippen molar-refractivity contribution in [1.82, 2.24) is 4.90 Å². The lowest BCUT2D eigenvalue weighted by Crippen LogP contribution is -2.50. The van der Waals surface area contributed by atoms with Gasteiger partial charge in [0, 0.05) is 6.42 Å². The highest BCUT2D eigenvalue weighted by atomic mass is 16.2. The maximum atomic E-state index is 12.6. The first kappa shape index (κ1) is 13.1. The normalized spacial score (nSPS) is 31.2. The van der Waals surface area contributed by atoms with Crippen LogP contribution in [0.3, 0.4) is 0 Å². The highest BCUT2D eigenvalue weighted by Gasteiger charge is 2.57. The average molecular weight is 248 g/mol. The maximum absolute atomic E-state index is 12.6. The topological polar surface area (TPSA) is 61.2 Å². The van der Waals surface area contributed by atoms with Crippen LogP contribution in [0.2, 0.25) is 0 Å². The summed E-state index contributed by atoms with van der Waals surface area (Å²) in [5, 5.41) is 9.43. The Morgan fingerprint density at radius 1 is 1.28 bits per heavy atom. The van der Waals surface area contributed by atoms with Crippen molar-refractivity contribution in [2.45, 2.75) is 58.4 Å². The van der Waals surface area contributed by atoms with Gasteiger partial charge in [0.05, 0.1) is 11.5 Å². The first-order valence-electron chi connectivity index (χ1n) is 6.66. The van der Waals surface area contributed by atoms with Crippen LogP contribution in [0, 0.1) is 22.7 Å². The second-order valence-corrected chi connectivity index (χ2v) is 6.13. The number of amides is 2. The molecule has 4 heteroatoms. The van der Waals surface area contributed by atoms with Gasteiger partial charge in [-0.1, -0.05) is 13.8 Å². The molecule has 0 bridgehead atoms. The summed E-state index contributed by atoms with van der Waals surface area (Å²) in [6.07, 6.45) is 3.35. The van der Waals surface area contributed by atoms with E-state index in [1.165, 1.54) is 4.90 Å². The van der Waals surface area contributed by atoms with Crippen molar-refractivity contribution in [1.29, 1.82) is 5.26 Å². The van der Waals surface area contributed by atoms with Gasteiger partial charge in [0.15, 0.2) is 0 Å². The van der Waals surface area contributed by atoms with Gasteiger partial charge in [0.25, 0.3) is 0 Å². The number of nitriles is 1. The molecule has 1 saturated carbocycles. The van der Waals surface area contributed by atoms with Crippen LogP contribution in [0.15, 0.2) is 0 Å². The molecular formula is C14H20N2O2. The summed E-state index contributed by atoms with van der Waals surface area (Å²) in [6, 6.07) is 2.24. The number of nitrogens with zero attached hydrogens (tertiary/aromatic N) is 2. The van der Waals surface area contributed by atoms with E-state index < -0.39 is 11.0 Å². The number of hydrogen-bond donors (Lipinski definition) is 0. The monoisotopic (exact) mass is 248 g/mol. The van der Waals surface area contributed by atoms with E-state index in [2.05, 4.69) is 6.07 Å². The number of carbonyl (C=O) groups is 2. The molecule has 98 valence electrons. The van der Waals surface area contributed by atoms with Crippen LogP contribution < -0.4 is 0 Å². The fraction of sp³-hybridized carbons (Fsp3) is 0.786. The molecule has 1 saturated heterocycles. The minimum atomic E-state index is -0.860. The molecule has 0 spiro atoms. The summed E-state index contributed by atoms with van der Waals surface area (Å²) in [6.45, 7) is 5.77. The van der Waals surface area contributed by atoms with Crippen LogP contribution in [0.1, 0.15) is 52.9 Å². The molecule has 18 heavy (non-hydrogen) atoms.